The van der Waals surface area contributed by atoms with E-state index in [-0.39, 0.29) is 11.2 Å². The third kappa shape index (κ3) is 2.25. The number of carbonyl (C=O) groups is 1. The van der Waals surface area contributed by atoms with Gasteiger partial charge in [-0.15, -0.1) is 0 Å². The minimum Gasteiger partial charge on any atom is -0.373 e. The number of aliphatic hydroxyl groups is 1. The minimum absolute atomic E-state index is 0.279. The van der Waals surface area contributed by atoms with Crippen LogP contribution in [0.25, 0.3) is 0 Å². The van der Waals surface area contributed by atoms with Crippen LogP contribution in [0.4, 0.5) is 0 Å². The molecule has 4 rings (SSSR count). The molecule has 2 nitrogen and oxygen atoms in total. The van der Waals surface area contributed by atoms with Crippen LogP contribution in [0.1, 0.15) is 45.4 Å². The number of hydrogen-bond donors (Lipinski definition) is 1. The number of carbonyl (C=O) groups excluding carboxylic acids is 1. The molecule has 0 bridgehead atoms. The Morgan fingerprint density at radius 3 is 2.92 bits per heavy atom. The second-order valence-corrected chi connectivity index (χ2v) is 8.46. The van der Waals surface area contributed by atoms with Crippen LogP contribution in [-0.4, -0.2) is 16.5 Å². The van der Waals surface area contributed by atoms with Crippen molar-refractivity contribution in [3.05, 3.63) is 36.0 Å². The molecule has 6 atom stereocenters. The van der Waals surface area contributed by atoms with Gasteiger partial charge in [-0.1, -0.05) is 30.7 Å². The molecular weight excluding hydrogens is 332 g/mol. The van der Waals surface area contributed by atoms with Crippen molar-refractivity contribution in [3.8, 4) is 11.3 Å². The van der Waals surface area contributed by atoms with Crippen molar-refractivity contribution in [1.29, 1.82) is 0 Å². The van der Waals surface area contributed by atoms with Gasteiger partial charge >= 0.3 is 0 Å². The molecule has 132 valence electrons. The van der Waals surface area contributed by atoms with Crippen LogP contribution in [0.3, 0.4) is 0 Å². The normalized spacial score (nSPS) is 45.0. The highest BCUT2D eigenvalue weighted by molar-refractivity contribution is 6.30. The van der Waals surface area contributed by atoms with Crippen molar-refractivity contribution >= 4 is 17.4 Å². The predicted octanol–water partition coefficient (Wildman–Crippen LogP) is 4.39. The van der Waals surface area contributed by atoms with Crippen LogP contribution in [-0.2, 0) is 4.79 Å². The maximum absolute atomic E-state index is 11.8. The average Bonchev–Trinajstić information content (AvgIpc) is 2.87. The number of fused-ring (bicyclic) bond motifs is 5. The summed E-state index contributed by atoms with van der Waals surface area (Å²) < 4.78 is 0. The Balaban J connectivity index is 1.75. The molecule has 0 heterocycles. The third-order valence-electron chi connectivity index (χ3n) is 7.47. The van der Waals surface area contributed by atoms with Gasteiger partial charge in [-0.05, 0) is 85.4 Å². The van der Waals surface area contributed by atoms with Crippen LogP contribution in [0.2, 0.25) is 0 Å². The fraction of sp³-hybridized carbons (Fsp3) is 0.591. The smallest absolute Gasteiger partial charge is 0.155 e. The quantitative estimate of drug-likeness (QED) is 0.558. The lowest BCUT2D eigenvalue weighted by Crippen LogP contribution is -2.54. The molecule has 3 heteroatoms. The van der Waals surface area contributed by atoms with Crippen molar-refractivity contribution in [3.63, 3.8) is 0 Å². The van der Waals surface area contributed by atoms with Gasteiger partial charge in [0.2, 0.25) is 0 Å². The molecule has 1 N–H and O–H groups in total. The number of rotatable bonds is 1. The summed E-state index contributed by atoms with van der Waals surface area (Å²) in [7, 11) is 0. The van der Waals surface area contributed by atoms with Crippen LogP contribution >= 0.6 is 11.6 Å². The molecule has 0 spiro atoms. The first-order chi connectivity index (χ1) is 12.0. The molecule has 4 aliphatic carbocycles. The van der Waals surface area contributed by atoms with Crippen molar-refractivity contribution in [2.45, 2.75) is 51.0 Å². The first-order valence-electron chi connectivity index (χ1n) is 9.41. The molecule has 2 saturated carbocycles. The highest BCUT2D eigenvalue weighted by Crippen LogP contribution is 2.65. The molecule has 0 unspecified atom stereocenters. The Hall–Kier alpha value is -1.30. The van der Waals surface area contributed by atoms with E-state index in [9.17, 15) is 9.90 Å². The summed E-state index contributed by atoms with van der Waals surface area (Å²) in [4.78, 5) is 11.8. The van der Waals surface area contributed by atoms with Gasteiger partial charge in [0.1, 0.15) is 0 Å². The van der Waals surface area contributed by atoms with Gasteiger partial charge < -0.3 is 5.11 Å². The lowest BCUT2D eigenvalue weighted by atomic mass is 9.48. The lowest BCUT2D eigenvalue weighted by molar-refractivity contribution is -0.116. The van der Waals surface area contributed by atoms with E-state index < -0.39 is 5.60 Å². The van der Waals surface area contributed by atoms with Crippen LogP contribution in [0.15, 0.2) is 36.0 Å². The molecule has 25 heavy (non-hydrogen) atoms. The zero-order valence-electron chi connectivity index (χ0n) is 14.7. The molecule has 0 saturated heterocycles. The van der Waals surface area contributed by atoms with Gasteiger partial charge in [0.05, 0.1) is 0 Å². The van der Waals surface area contributed by atoms with E-state index in [2.05, 4.69) is 30.9 Å². The number of allylic oxidation sites excluding steroid dienone is 4. The van der Waals surface area contributed by atoms with Crippen LogP contribution in [0.5, 0.6) is 0 Å². The molecule has 0 aliphatic heterocycles. The third-order valence-corrected chi connectivity index (χ3v) is 7.57. The van der Waals surface area contributed by atoms with E-state index in [1.807, 2.05) is 12.2 Å². The SMILES string of the molecule is C=C1C[C@@]2(CC)[C@@H](C=C[C@@]2(O)C#CCl)[C@@H]2CCC3=CC(=O)CC[C@@H]3[C@@H]12. The molecule has 0 radical (unpaired) electrons. The van der Waals surface area contributed by atoms with Gasteiger partial charge in [-0.3, -0.25) is 4.79 Å². The Morgan fingerprint density at radius 1 is 1.40 bits per heavy atom. The number of hydrogen-bond acceptors (Lipinski definition) is 2. The van der Waals surface area contributed by atoms with E-state index in [0.29, 0.717) is 30.1 Å². The fourth-order valence-electron chi connectivity index (χ4n) is 6.38. The van der Waals surface area contributed by atoms with Gasteiger partial charge in [0.25, 0.3) is 0 Å². The summed E-state index contributed by atoms with van der Waals surface area (Å²) in [5, 5.41) is 13.7. The summed E-state index contributed by atoms with van der Waals surface area (Å²) in [5.41, 5.74) is 1.08. The van der Waals surface area contributed by atoms with E-state index in [4.69, 9.17) is 11.6 Å². The minimum atomic E-state index is -1.17. The number of halogens is 1. The first-order valence-corrected chi connectivity index (χ1v) is 9.79. The summed E-state index contributed by atoms with van der Waals surface area (Å²) >= 11 is 5.68. The molecule has 2 fully saturated rings. The summed E-state index contributed by atoms with van der Waals surface area (Å²) in [6.45, 7) is 6.60. The topological polar surface area (TPSA) is 37.3 Å². The van der Waals surface area contributed by atoms with Crippen molar-refractivity contribution < 1.29 is 9.90 Å². The van der Waals surface area contributed by atoms with E-state index >= 15 is 0 Å². The van der Waals surface area contributed by atoms with Crippen molar-refractivity contribution in [2.75, 3.05) is 0 Å². The zero-order valence-corrected chi connectivity index (χ0v) is 15.5. The second-order valence-electron chi connectivity index (χ2n) is 8.27. The van der Waals surface area contributed by atoms with Gasteiger partial charge in [0.15, 0.2) is 11.4 Å². The Kier molecular flexibility index (Phi) is 4.02. The highest BCUT2D eigenvalue weighted by Gasteiger charge is 2.62. The Bertz CT molecular complexity index is 752. The van der Waals surface area contributed by atoms with Crippen LogP contribution < -0.4 is 0 Å². The molecular formula is C22H25ClO2. The fourth-order valence-corrected chi connectivity index (χ4v) is 6.53. The Labute approximate surface area is 155 Å². The number of ketones is 1. The van der Waals surface area contributed by atoms with E-state index in [1.165, 1.54) is 11.1 Å². The summed E-state index contributed by atoms with van der Waals surface area (Å²) in [6, 6.07) is 0. The zero-order chi connectivity index (χ0) is 17.8. The van der Waals surface area contributed by atoms with Gasteiger partial charge in [-0.25, -0.2) is 0 Å². The predicted molar refractivity (Wildman–Crippen MR) is 99.7 cm³/mol. The molecule has 0 aromatic rings. The summed E-state index contributed by atoms with van der Waals surface area (Å²) in [5.74, 6) is 4.81. The largest absolute Gasteiger partial charge is 0.373 e. The van der Waals surface area contributed by atoms with E-state index in [1.54, 1.807) is 0 Å². The lowest BCUT2D eigenvalue weighted by Gasteiger charge is -2.56. The first kappa shape index (κ1) is 17.1. The highest BCUT2D eigenvalue weighted by atomic mass is 35.5. The maximum atomic E-state index is 11.8. The molecule has 0 aromatic heterocycles. The van der Waals surface area contributed by atoms with Crippen LogP contribution in [0, 0.1) is 40.4 Å². The van der Waals surface area contributed by atoms with Gasteiger partial charge in [-0.2, -0.15) is 0 Å². The summed E-state index contributed by atoms with van der Waals surface area (Å²) in [6.07, 6.45) is 11.3. The second kappa shape index (κ2) is 5.86. The monoisotopic (exact) mass is 356 g/mol. The Morgan fingerprint density at radius 2 is 2.20 bits per heavy atom. The molecule has 0 amide bonds. The van der Waals surface area contributed by atoms with Crippen molar-refractivity contribution in [2.24, 2.45) is 29.1 Å². The molecule has 4 aliphatic rings. The average molecular weight is 357 g/mol. The van der Waals surface area contributed by atoms with Crippen molar-refractivity contribution in [1.82, 2.24) is 0 Å². The van der Waals surface area contributed by atoms with Gasteiger partial charge in [0, 0.05) is 17.2 Å². The van der Waals surface area contributed by atoms with E-state index in [0.717, 1.165) is 32.1 Å². The molecule has 0 aromatic carbocycles. The maximum Gasteiger partial charge on any atom is 0.155 e. The standard InChI is InChI=1S/C22H25ClO2/c1-3-21-13-14(2)20-17-7-5-16(24)12-15(17)4-6-18(20)19(21)8-9-22(21,25)10-11-23/h8-9,12,17-20,25H,2-7,13H2,1H3/t17-,18-,19-,20+,21-,22+/m0/s1.